The molecule has 0 spiro atoms. The Morgan fingerprint density at radius 3 is 2.68 bits per heavy atom. The number of hydrogen-bond donors (Lipinski definition) is 1. The molecule has 1 unspecified atom stereocenters. The summed E-state index contributed by atoms with van der Waals surface area (Å²) in [6, 6.07) is 11.2. The van der Waals surface area contributed by atoms with Crippen LogP contribution in [0, 0.1) is 0 Å². The van der Waals surface area contributed by atoms with Crippen LogP contribution in [0.1, 0.15) is 24.0 Å². The lowest BCUT2D eigenvalue weighted by molar-refractivity contribution is 0.457. The molecule has 0 amide bonds. The zero-order valence-electron chi connectivity index (χ0n) is 15.4. The van der Waals surface area contributed by atoms with Gasteiger partial charge < -0.3 is 0 Å². The van der Waals surface area contributed by atoms with Crippen LogP contribution in [0.4, 0.5) is 0 Å². The third-order valence-electron chi connectivity index (χ3n) is 4.45. The first-order valence-corrected chi connectivity index (χ1v) is 10.8. The molecule has 2 heterocycles. The molecule has 10 heteroatoms. The molecule has 0 saturated carbocycles. The second-order valence-corrected chi connectivity index (χ2v) is 8.84. The van der Waals surface area contributed by atoms with Crippen molar-refractivity contribution >= 4 is 44.9 Å². The summed E-state index contributed by atoms with van der Waals surface area (Å²) in [4.78, 5) is 4.19. The Hall–Kier alpha value is -2.07. The molecule has 1 aliphatic heterocycles. The van der Waals surface area contributed by atoms with Crippen molar-refractivity contribution in [2.24, 2.45) is 5.10 Å². The van der Waals surface area contributed by atoms with Crippen molar-refractivity contribution in [2.45, 2.75) is 12.8 Å². The van der Waals surface area contributed by atoms with E-state index in [0.717, 1.165) is 16.8 Å². The number of aromatic nitrogens is 1. The van der Waals surface area contributed by atoms with Gasteiger partial charge >= 0.3 is 10.2 Å². The van der Waals surface area contributed by atoms with Gasteiger partial charge in [-0.1, -0.05) is 36.7 Å². The van der Waals surface area contributed by atoms with E-state index in [4.69, 9.17) is 23.8 Å². The van der Waals surface area contributed by atoms with Crippen molar-refractivity contribution in [1.29, 1.82) is 0 Å². The van der Waals surface area contributed by atoms with Gasteiger partial charge in [-0.25, -0.2) is 9.73 Å². The fraction of sp³-hybridized carbons (Fsp3) is 0.278. The van der Waals surface area contributed by atoms with Gasteiger partial charge in [0.1, 0.15) is 0 Å². The van der Waals surface area contributed by atoms with Crippen molar-refractivity contribution in [1.82, 2.24) is 19.0 Å². The summed E-state index contributed by atoms with van der Waals surface area (Å²) in [6.45, 7) is 2.48. The third kappa shape index (κ3) is 4.49. The van der Waals surface area contributed by atoms with E-state index in [1.807, 2.05) is 24.3 Å². The fourth-order valence-corrected chi connectivity index (χ4v) is 4.14. The van der Waals surface area contributed by atoms with Crippen LogP contribution < -0.4 is 4.72 Å². The average molecular weight is 438 g/mol. The lowest BCUT2D eigenvalue weighted by Gasteiger charge is -2.21. The van der Waals surface area contributed by atoms with E-state index in [-0.39, 0.29) is 11.0 Å². The molecule has 0 saturated heterocycles. The highest BCUT2D eigenvalue weighted by atomic mass is 35.5. The highest BCUT2D eigenvalue weighted by molar-refractivity contribution is 7.89. The Balaban J connectivity index is 1.91. The molecule has 1 aromatic carbocycles. The highest BCUT2D eigenvalue weighted by Gasteiger charge is 2.32. The second-order valence-electron chi connectivity index (χ2n) is 6.24. The number of pyridine rings is 1. The molecule has 2 aromatic rings. The minimum absolute atomic E-state index is 0.0261. The number of halogens is 1. The topological polar surface area (TPSA) is 77.9 Å². The van der Waals surface area contributed by atoms with Crippen molar-refractivity contribution in [3.05, 3.63) is 64.9 Å². The molecule has 1 atom stereocenters. The lowest BCUT2D eigenvalue weighted by atomic mass is 9.92. The van der Waals surface area contributed by atoms with E-state index < -0.39 is 10.2 Å². The van der Waals surface area contributed by atoms with Crippen LogP contribution in [0.3, 0.4) is 0 Å². The van der Waals surface area contributed by atoms with Crippen LogP contribution in [-0.2, 0) is 10.2 Å². The molecule has 1 N–H and O–H groups in total. The number of nitrogens with zero attached hydrogens (tertiary/aromatic N) is 4. The Labute approximate surface area is 175 Å². The number of hydrazone groups is 1. The third-order valence-corrected chi connectivity index (χ3v) is 6.67. The first kappa shape index (κ1) is 20.7. The van der Waals surface area contributed by atoms with Crippen LogP contribution in [-0.4, -0.2) is 53.7 Å². The van der Waals surface area contributed by atoms with Gasteiger partial charge in [-0.3, -0.25) is 4.98 Å². The standard InChI is InChI=1S/C18H20ClN5O2S2/c1-3-23(2)28(25,26)22-18(27)24-12-16(14-5-4-10-20-11-14)17(21-24)13-6-8-15(19)9-7-13/h4-11,16H,3,12H2,1-2H3,(H,22,27). The quantitative estimate of drug-likeness (QED) is 0.727. The lowest BCUT2D eigenvalue weighted by Crippen LogP contribution is -2.45. The van der Waals surface area contributed by atoms with Crippen LogP contribution in [0.2, 0.25) is 5.02 Å². The molecular formula is C18H20ClN5O2S2. The van der Waals surface area contributed by atoms with Gasteiger partial charge in [-0.05, 0) is 41.5 Å². The summed E-state index contributed by atoms with van der Waals surface area (Å²) >= 11 is 11.3. The number of thiocarbonyl (C=S) groups is 1. The largest absolute Gasteiger partial charge is 0.303 e. The number of benzene rings is 1. The monoisotopic (exact) mass is 437 g/mol. The Morgan fingerprint density at radius 1 is 1.36 bits per heavy atom. The van der Waals surface area contributed by atoms with Crippen LogP contribution in [0.15, 0.2) is 53.9 Å². The van der Waals surface area contributed by atoms with Crippen molar-refractivity contribution in [3.63, 3.8) is 0 Å². The number of nitrogens with one attached hydrogen (secondary N) is 1. The van der Waals surface area contributed by atoms with E-state index in [0.29, 0.717) is 18.1 Å². The van der Waals surface area contributed by atoms with Crippen LogP contribution in [0.5, 0.6) is 0 Å². The molecule has 0 fully saturated rings. The Kier molecular flexibility index (Phi) is 6.29. The Morgan fingerprint density at radius 2 is 2.07 bits per heavy atom. The zero-order valence-corrected chi connectivity index (χ0v) is 17.8. The molecule has 28 heavy (non-hydrogen) atoms. The number of hydrogen-bond acceptors (Lipinski definition) is 5. The molecule has 148 valence electrons. The van der Waals surface area contributed by atoms with Gasteiger partial charge in [0.15, 0.2) is 0 Å². The van der Waals surface area contributed by atoms with Crippen molar-refractivity contribution in [3.8, 4) is 0 Å². The minimum Gasteiger partial charge on any atom is -0.264 e. The molecule has 3 rings (SSSR count). The predicted octanol–water partition coefficient (Wildman–Crippen LogP) is 2.61. The normalized spacial score (nSPS) is 16.9. The highest BCUT2D eigenvalue weighted by Crippen LogP contribution is 2.29. The van der Waals surface area contributed by atoms with Crippen molar-refractivity contribution < 1.29 is 8.42 Å². The molecular weight excluding hydrogens is 418 g/mol. The first-order chi connectivity index (χ1) is 13.3. The van der Waals surface area contributed by atoms with E-state index in [1.54, 1.807) is 31.5 Å². The smallest absolute Gasteiger partial charge is 0.264 e. The summed E-state index contributed by atoms with van der Waals surface area (Å²) in [5.74, 6) is -0.110. The maximum absolute atomic E-state index is 12.3. The summed E-state index contributed by atoms with van der Waals surface area (Å²) in [6.07, 6.45) is 3.48. The molecule has 0 radical (unpaired) electrons. The summed E-state index contributed by atoms with van der Waals surface area (Å²) < 4.78 is 28.2. The summed E-state index contributed by atoms with van der Waals surface area (Å²) in [5, 5.41) is 6.76. The van der Waals surface area contributed by atoms with E-state index in [1.165, 1.54) is 16.4 Å². The molecule has 1 aliphatic rings. The fourth-order valence-electron chi connectivity index (χ4n) is 2.76. The van der Waals surface area contributed by atoms with Gasteiger partial charge in [-0.15, -0.1) is 0 Å². The molecule has 0 bridgehead atoms. The number of rotatable bonds is 5. The van der Waals surface area contributed by atoms with Gasteiger partial charge in [0.25, 0.3) is 0 Å². The Bertz CT molecular complexity index is 981. The maximum atomic E-state index is 12.3. The first-order valence-electron chi connectivity index (χ1n) is 8.61. The zero-order chi connectivity index (χ0) is 20.3. The van der Waals surface area contributed by atoms with Gasteiger partial charge in [-0.2, -0.15) is 17.8 Å². The van der Waals surface area contributed by atoms with E-state index >= 15 is 0 Å². The van der Waals surface area contributed by atoms with Gasteiger partial charge in [0.2, 0.25) is 5.11 Å². The van der Waals surface area contributed by atoms with Crippen molar-refractivity contribution in [2.75, 3.05) is 20.1 Å². The van der Waals surface area contributed by atoms with Crippen LogP contribution >= 0.6 is 23.8 Å². The molecule has 0 aliphatic carbocycles. The molecule has 1 aromatic heterocycles. The van der Waals surface area contributed by atoms with Crippen LogP contribution in [0.25, 0.3) is 0 Å². The average Bonchev–Trinajstić information content (AvgIpc) is 3.14. The van der Waals surface area contributed by atoms with E-state index in [9.17, 15) is 8.42 Å². The summed E-state index contributed by atoms with van der Waals surface area (Å²) in [5.41, 5.74) is 2.63. The van der Waals surface area contributed by atoms with E-state index in [2.05, 4.69) is 14.8 Å². The van der Waals surface area contributed by atoms with Gasteiger partial charge in [0, 0.05) is 36.9 Å². The van der Waals surface area contributed by atoms with Gasteiger partial charge in [0.05, 0.1) is 12.3 Å². The SMILES string of the molecule is CCN(C)S(=O)(=O)NC(=S)N1CC(c2cccnc2)C(c2ccc(Cl)cc2)=N1. The maximum Gasteiger partial charge on any atom is 0.303 e. The molecule has 7 nitrogen and oxygen atoms in total. The summed E-state index contributed by atoms with van der Waals surface area (Å²) in [7, 11) is -2.23. The predicted molar refractivity (Wildman–Crippen MR) is 115 cm³/mol. The second kappa shape index (κ2) is 8.52. The minimum atomic E-state index is -3.72.